The molecule has 0 bridgehead atoms. The number of ether oxygens (including phenoxy) is 1. The molecule has 0 aromatic heterocycles. The molecule has 0 saturated carbocycles. The van der Waals surface area contributed by atoms with Crippen molar-refractivity contribution in [1.82, 2.24) is 5.32 Å². The zero-order valence-corrected chi connectivity index (χ0v) is 11.1. The van der Waals surface area contributed by atoms with Crippen LogP contribution in [0.3, 0.4) is 0 Å². The second-order valence-corrected chi connectivity index (χ2v) is 4.65. The van der Waals surface area contributed by atoms with Crippen molar-refractivity contribution in [1.29, 1.82) is 5.26 Å². The van der Waals surface area contributed by atoms with Gasteiger partial charge in [-0.25, -0.2) is 4.79 Å². The first-order valence-electron chi connectivity index (χ1n) is 5.62. The Kier molecular flexibility index (Phi) is 6.74. The number of hydrogen-bond acceptors (Lipinski definition) is 4. The number of carbonyl (C=O) groups excluding carboxylic acids is 1. The van der Waals surface area contributed by atoms with Gasteiger partial charge in [-0.1, -0.05) is 30.3 Å². The number of amides is 1. The van der Waals surface area contributed by atoms with Gasteiger partial charge in [-0.15, -0.1) is 0 Å². The van der Waals surface area contributed by atoms with E-state index in [1.54, 1.807) is 11.8 Å². The number of rotatable bonds is 6. The van der Waals surface area contributed by atoms with E-state index in [0.717, 1.165) is 11.3 Å². The van der Waals surface area contributed by atoms with Gasteiger partial charge in [-0.3, -0.25) is 0 Å². The average molecular weight is 264 g/mol. The third-order valence-electron chi connectivity index (χ3n) is 2.27. The van der Waals surface area contributed by atoms with E-state index in [0.29, 0.717) is 6.42 Å². The molecule has 0 heterocycles. The molecule has 0 fully saturated rings. The number of nitrogens with zero attached hydrogens (tertiary/aromatic N) is 1. The first-order valence-corrected chi connectivity index (χ1v) is 7.01. The van der Waals surface area contributed by atoms with E-state index in [-0.39, 0.29) is 6.61 Å². The van der Waals surface area contributed by atoms with Gasteiger partial charge in [0.15, 0.2) is 0 Å². The zero-order chi connectivity index (χ0) is 13.2. The first kappa shape index (κ1) is 14.4. The van der Waals surface area contributed by atoms with Gasteiger partial charge < -0.3 is 10.1 Å². The van der Waals surface area contributed by atoms with Crippen molar-refractivity contribution in [2.24, 2.45) is 0 Å². The highest BCUT2D eigenvalue weighted by molar-refractivity contribution is 7.98. The van der Waals surface area contributed by atoms with E-state index in [1.165, 1.54) is 0 Å². The molecule has 5 heteroatoms. The Morgan fingerprint density at radius 3 is 2.83 bits per heavy atom. The van der Waals surface area contributed by atoms with Crippen LogP contribution in [0.25, 0.3) is 0 Å². The SMILES string of the molecule is CSCC[C@@H](C#N)NC(=O)OCc1ccccc1. The Bertz CT molecular complexity index is 403. The predicted octanol–water partition coefficient (Wildman–Crippen LogP) is 2.56. The molecule has 0 unspecified atom stereocenters. The lowest BCUT2D eigenvalue weighted by Crippen LogP contribution is -2.34. The minimum Gasteiger partial charge on any atom is -0.445 e. The number of nitrogens with one attached hydrogen (secondary N) is 1. The lowest BCUT2D eigenvalue weighted by Gasteiger charge is -2.11. The monoisotopic (exact) mass is 264 g/mol. The zero-order valence-electron chi connectivity index (χ0n) is 10.3. The van der Waals surface area contributed by atoms with Gasteiger partial charge in [0.05, 0.1) is 6.07 Å². The van der Waals surface area contributed by atoms with Crippen LogP contribution < -0.4 is 5.32 Å². The molecule has 0 spiro atoms. The molecule has 1 amide bonds. The summed E-state index contributed by atoms with van der Waals surface area (Å²) in [7, 11) is 0. The van der Waals surface area contributed by atoms with E-state index in [2.05, 4.69) is 5.32 Å². The van der Waals surface area contributed by atoms with Crippen LogP contribution in [0.4, 0.5) is 4.79 Å². The second kappa shape index (κ2) is 8.43. The molecule has 96 valence electrons. The lowest BCUT2D eigenvalue weighted by atomic mass is 10.2. The van der Waals surface area contributed by atoms with Crippen molar-refractivity contribution in [3.8, 4) is 6.07 Å². The molecule has 18 heavy (non-hydrogen) atoms. The fourth-order valence-electron chi connectivity index (χ4n) is 1.31. The maximum atomic E-state index is 11.5. The van der Waals surface area contributed by atoms with Crippen molar-refractivity contribution in [3.05, 3.63) is 35.9 Å². The Balaban J connectivity index is 2.30. The van der Waals surface area contributed by atoms with E-state index in [1.807, 2.05) is 42.7 Å². The summed E-state index contributed by atoms with van der Waals surface area (Å²) >= 11 is 1.64. The summed E-state index contributed by atoms with van der Waals surface area (Å²) in [5.74, 6) is 0.831. The molecule has 0 aliphatic heterocycles. The summed E-state index contributed by atoms with van der Waals surface area (Å²) in [5, 5.41) is 11.4. The topological polar surface area (TPSA) is 62.1 Å². The summed E-state index contributed by atoms with van der Waals surface area (Å²) in [6.07, 6.45) is 2.03. The van der Waals surface area contributed by atoms with Crippen LogP contribution in [-0.4, -0.2) is 24.1 Å². The van der Waals surface area contributed by atoms with Gasteiger partial charge in [0.25, 0.3) is 0 Å². The summed E-state index contributed by atoms with van der Waals surface area (Å²) in [6, 6.07) is 11.0. The van der Waals surface area contributed by atoms with Crippen LogP contribution in [0, 0.1) is 11.3 Å². The Morgan fingerprint density at radius 2 is 2.22 bits per heavy atom. The standard InChI is InChI=1S/C13H16N2O2S/c1-18-8-7-12(9-14)15-13(16)17-10-11-5-3-2-4-6-11/h2-6,12H,7-8,10H2,1H3,(H,15,16)/t12-/m0/s1. The van der Waals surface area contributed by atoms with Gasteiger partial charge in [-0.2, -0.15) is 17.0 Å². The number of thioether (sulfide) groups is 1. The maximum absolute atomic E-state index is 11.5. The summed E-state index contributed by atoms with van der Waals surface area (Å²) < 4.78 is 5.03. The van der Waals surface area contributed by atoms with E-state index >= 15 is 0 Å². The largest absolute Gasteiger partial charge is 0.445 e. The molecule has 1 rings (SSSR count). The molecular formula is C13H16N2O2S. The first-order chi connectivity index (χ1) is 8.76. The third kappa shape index (κ3) is 5.60. The Labute approximate surface area is 111 Å². The number of benzene rings is 1. The quantitative estimate of drug-likeness (QED) is 0.857. The van der Waals surface area contributed by atoms with Crippen LogP contribution >= 0.6 is 11.8 Å². The van der Waals surface area contributed by atoms with Gasteiger partial charge in [0, 0.05) is 0 Å². The molecular weight excluding hydrogens is 248 g/mol. The summed E-state index contributed by atoms with van der Waals surface area (Å²) in [6.45, 7) is 0.216. The van der Waals surface area contributed by atoms with Crippen molar-refractivity contribution in [2.45, 2.75) is 19.1 Å². The lowest BCUT2D eigenvalue weighted by molar-refractivity contribution is 0.137. The highest BCUT2D eigenvalue weighted by atomic mass is 32.2. The molecule has 0 aliphatic carbocycles. The Hall–Kier alpha value is -1.67. The number of nitriles is 1. The average Bonchev–Trinajstić information content (AvgIpc) is 2.42. The van der Waals surface area contributed by atoms with Crippen LogP contribution in [0.15, 0.2) is 30.3 Å². The predicted molar refractivity (Wildman–Crippen MR) is 72.2 cm³/mol. The minimum absolute atomic E-state index is 0.216. The van der Waals surface area contributed by atoms with Crippen molar-refractivity contribution in [2.75, 3.05) is 12.0 Å². The van der Waals surface area contributed by atoms with Crippen LogP contribution in [0.2, 0.25) is 0 Å². The summed E-state index contributed by atoms with van der Waals surface area (Å²) in [4.78, 5) is 11.5. The molecule has 1 N–H and O–H groups in total. The highest BCUT2D eigenvalue weighted by Gasteiger charge is 2.11. The fraction of sp³-hybridized carbons (Fsp3) is 0.385. The molecule has 0 saturated heterocycles. The fourth-order valence-corrected chi connectivity index (χ4v) is 1.78. The molecule has 4 nitrogen and oxygen atoms in total. The van der Waals surface area contributed by atoms with Gasteiger partial charge >= 0.3 is 6.09 Å². The number of carbonyl (C=O) groups is 1. The Morgan fingerprint density at radius 1 is 1.50 bits per heavy atom. The smallest absolute Gasteiger partial charge is 0.408 e. The van der Waals surface area contributed by atoms with Crippen LogP contribution in [0.5, 0.6) is 0 Å². The molecule has 1 aromatic rings. The van der Waals surface area contributed by atoms with Gasteiger partial charge in [0.2, 0.25) is 0 Å². The summed E-state index contributed by atoms with van der Waals surface area (Å²) in [5.41, 5.74) is 0.922. The van der Waals surface area contributed by atoms with Crippen LogP contribution in [0.1, 0.15) is 12.0 Å². The second-order valence-electron chi connectivity index (χ2n) is 3.67. The van der Waals surface area contributed by atoms with Crippen molar-refractivity contribution in [3.63, 3.8) is 0 Å². The third-order valence-corrected chi connectivity index (χ3v) is 2.92. The van der Waals surface area contributed by atoms with E-state index in [4.69, 9.17) is 10.00 Å². The van der Waals surface area contributed by atoms with Gasteiger partial charge in [-0.05, 0) is 24.0 Å². The molecule has 0 aliphatic rings. The maximum Gasteiger partial charge on any atom is 0.408 e. The normalized spacial score (nSPS) is 11.3. The number of hydrogen-bond donors (Lipinski definition) is 1. The van der Waals surface area contributed by atoms with Gasteiger partial charge in [0.1, 0.15) is 12.6 Å². The van der Waals surface area contributed by atoms with Crippen LogP contribution in [-0.2, 0) is 11.3 Å². The highest BCUT2D eigenvalue weighted by Crippen LogP contribution is 2.02. The van der Waals surface area contributed by atoms with E-state index in [9.17, 15) is 4.79 Å². The molecule has 0 radical (unpaired) electrons. The van der Waals surface area contributed by atoms with E-state index < -0.39 is 12.1 Å². The van der Waals surface area contributed by atoms with Crippen molar-refractivity contribution < 1.29 is 9.53 Å². The molecule has 1 aromatic carbocycles. The number of alkyl carbamates (subject to hydrolysis) is 1. The molecule has 1 atom stereocenters. The van der Waals surface area contributed by atoms with Crippen molar-refractivity contribution >= 4 is 17.9 Å². The minimum atomic E-state index is -0.550.